The lowest BCUT2D eigenvalue weighted by atomic mass is 10.0. The van der Waals surface area contributed by atoms with Crippen molar-refractivity contribution in [1.82, 2.24) is 20.3 Å². The Morgan fingerprint density at radius 3 is 2.69 bits per heavy atom. The van der Waals surface area contributed by atoms with Crippen molar-refractivity contribution in [3.05, 3.63) is 84.3 Å². The maximum Gasteiger partial charge on any atom is 0.251 e. The zero-order chi connectivity index (χ0) is 20.1. The topological polar surface area (TPSA) is 79.8 Å². The van der Waals surface area contributed by atoms with Crippen LogP contribution in [-0.2, 0) is 6.42 Å². The van der Waals surface area contributed by atoms with Crippen molar-refractivity contribution in [1.29, 1.82) is 0 Å². The average molecular weight is 383 g/mol. The first-order valence-corrected chi connectivity index (χ1v) is 9.46. The van der Waals surface area contributed by atoms with E-state index in [0.29, 0.717) is 18.1 Å². The Hall–Kier alpha value is -3.80. The molecule has 29 heavy (non-hydrogen) atoms. The minimum atomic E-state index is -0.0996. The molecule has 0 atom stereocenters. The fourth-order valence-corrected chi connectivity index (χ4v) is 3.13. The second-order valence-electron chi connectivity index (χ2n) is 6.62. The van der Waals surface area contributed by atoms with Gasteiger partial charge in [0.2, 0.25) is 5.95 Å². The number of benzene rings is 2. The van der Waals surface area contributed by atoms with Gasteiger partial charge in [-0.25, -0.2) is 9.97 Å². The van der Waals surface area contributed by atoms with Crippen molar-refractivity contribution < 1.29 is 4.79 Å². The fourth-order valence-electron chi connectivity index (χ4n) is 3.13. The minimum Gasteiger partial charge on any atom is -0.355 e. The van der Waals surface area contributed by atoms with Crippen LogP contribution in [0.5, 0.6) is 0 Å². The molecule has 4 rings (SSSR count). The molecule has 0 saturated carbocycles. The molecule has 0 spiro atoms. The van der Waals surface area contributed by atoms with Crippen LogP contribution in [0.3, 0.4) is 0 Å². The van der Waals surface area contributed by atoms with Crippen molar-refractivity contribution >= 4 is 22.8 Å². The van der Waals surface area contributed by atoms with Gasteiger partial charge in [-0.3, -0.25) is 9.78 Å². The number of hydrogen-bond donors (Lipinski definition) is 2. The molecule has 0 fully saturated rings. The number of fused-ring (bicyclic) bond motifs is 1. The predicted octanol–water partition coefficient (Wildman–Crippen LogP) is 3.71. The highest BCUT2D eigenvalue weighted by Crippen LogP contribution is 2.24. The lowest BCUT2D eigenvalue weighted by molar-refractivity contribution is 0.0963. The Morgan fingerprint density at radius 1 is 0.966 bits per heavy atom. The Bertz CT molecular complexity index is 1140. The van der Waals surface area contributed by atoms with Crippen LogP contribution in [0.25, 0.3) is 22.0 Å². The first-order chi connectivity index (χ1) is 14.2. The number of carbonyl (C=O) groups excluding carboxylic acids is 1. The van der Waals surface area contributed by atoms with Gasteiger partial charge >= 0.3 is 0 Å². The number of aromatic nitrogens is 3. The third-order valence-electron chi connectivity index (χ3n) is 4.66. The Kier molecular flexibility index (Phi) is 5.42. The van der Waals surface area contributed by atoms with Crippen molar-refractivity contribution in [3.63, 3.8) is 0 Å². The van der Waals surface area contributed by atoms with E-state index in [-0.39, 0.29) is 5.91 Å². The second kappa shape index (κ2) is 8.48. The highest BCUT2D eigenvalue weighted by Gasteiger charge is 2.07. The molecule has 6 heteroatoms. The molecule has 4 aromatic rings. The van der Waals surface area contributed by atoms with Crippen molar-refractivity contribution in [2.75, 3.05) is 18.9 Å². The van der Waals surface area contributed by atoms with Crippen LogP contribution < -0.4 is 10.6 Å². The highest BCUT2D eigenvalue weighted by atomic mass is 16.1. The summed E-state index contributed by atoms with van der Waals surface area (Å²) in [7, 11) is 1.63. The maximum atomic E-state index is 11.9. The van der Waals surface area contributed by atoms with Gasteiger partial charge in [0.15, 0.2) is 0 Å². The molecule has 0 saturated heterocycles. The summed E-state index contributed by atoms with van der Waals surface area (Å²) >= 11 is 0. The summed E-state index contributed by atoms with van der Waals surface area (Å²) in [6, 6.07) is 19.5. The SMILES string of the molecule is CNC(=O)c1cccc(-c2ccc3nc(NCCc4ccccn4)ncc3c2)c1. The van der Waals surface area contributed by atoms with E-state index in [1.165, 1.54) is 0 Å². The first kappa shape index (κ1) is 18.6. The first-order valence-electron chi connectivity index (χ1n) is 9.46. The summed E-state index contributed by atoms with van der Waals surface area (Å²) in [5.41, 5.74) is 4.53. The molecular formula is C23H21N5O. The zero-order valence-corrected chi connectivity index (χ0v) is 16.1. The lowest BCUT2D eigenvalue weighted by Gasteiger charge is -2.08. The standard InChI is InChI=1S/C23H21N5O/c1-24-22(29)18-6-4-5-16(13-18)17-8-9-21-19(14-17)15-27-23(28-21)26-12-10-20-7-2-3-11-25-20/h2-9,11,13-15H,10,12H2,1H3,(H,24,29)(H,26,27,28). The average Bonchev–Trinajstić information content (AvgIpc) is 2.79. The van der Waals surface area contributed by atoms with E-state index in [0.717, 1.165) is 34.1 Å². The molecule has 2 N–H and O–H groups in total. The Balaban J connectivity index is 1.50. The van der Waals surface area contributed by atoms with Gasteiger partial charge in [-0.2, -0.15) is 0 Å². The summed E-state index contributed by atoms with van der Waals surface area (Å²) in [4.78, 5) is 25.2. The third-order valence-corrected chi connectivity index (χ3v) is 4.66. The van der Waals surface area contributed by atoms with Crippen molar-refractivity contribution in [2.24, 2.45) is 0 Å². The molecular weight excluding hydrogens is 362 g/mol. The molecule has 2 aromatic heterocycles. The van der Waals surface area contributed by atoms with Gasteiger partial charge in [0, 0.05) is 49.1 Å². The Labute approximate surface area is 169 Å². The molecule has 0 bridgehead atoms. The summed E-state index contributed by atoms with van der Waals surface area (Å²) in [5.74, 6) is 0.500. The number of hydrogen-bond acceptors (Lipinski definition) is 5. The monoisotopic (exact) mass is 383 g/mol. The molecule has 0 aliphatic heterocycles. The molecule has 0 radical (unpaired) electrons. The van der Waals surface area contributed by atoms with E-state index in [1.54, 1.807) is 19.3 Å². The van der Waals surface area contributed by atoms with Gasteiger partial charge in [0.25, 0.3) is 5.91 Å². The molecule has 0 aliphatic rings. The molecule has 0 aliphatic carbocycles. The number of rotatable bonds is 6. The van der Waals surface area contributed by atoms with Gasteiger partial charge in [-0.1, -0.05) is 24.3 Å². The van der Waals surface area contributed by atoms with Crippen LogP contribution >= 0.6 is 0 Å². The number of amides is 1. The minimum absolute atomic E-state index is 0.0996. The summed E-state index contributed by atoms with van der Waals surface area (Å²) in [5, 5.41) is 6.85. The molecule has 0 unspecified atom stereocenters. The maximum absolute atomic E-state index is 11.9. The van der Waals surface area contributed by atoms with E-state index in [2.05, 4.69) is 25.6 Å². The van der Waals surface area contributed by atoms with Crippen LogP contribution in [0.2, 0.25) is 0 Å². The third kappa shape index (κ3) is 4.38. The number of pyridine rings is 1. The van der Waals surface area contributed by atoms with Crippen LogP contribution in [0.1, 0.15) is 16.1 Å². The van der Waals surface area contributed by atoms with Gasteiger partial charge < -0.3 is 10.6 Å². The summed E-state index contributed by atoms with van der Waals surface area (Å²) < 4.78 is 0. The van der Waals surface area contributed by atoms with E-state index < -0.39 is 0 Å². The largest absolute Gasteiger partial charge is 0.355 e. The van der Waals surface area contributed by atoms with E-state index in [9.17, 15) is 4.79 Å². The van der Waals surface area contributed by atoms with Gasteiger partial charge in [-0.15, -0.1) is 0 Å². The van der Waals surface area contributed by atoms with Crippen LogP contribution in [0, 0.1) is 0 Å². The van der Waals surface area contributed by atoms with Crippen molar-refractivity contribution in [2.45, 2.75) is 6.42 Å². The molecule has 6 nitrogen and oxygen atoms in total. The van der Waals surface area contributed by atoms with E-state index in [4.69, 9.17) is 0 Å². The zero-order valence-electron chi connectivity index (χ0n) is 16.1. The van der Waals surface area contributed by atoms with E-state index >= 15 is 0 Å². The number of anilines is 1. The van der Waals surface area contributed by atoms with Crippen LogP contribution in [-0.4, -0.2) is 34.5 Å². The van der Waals surface area contributed by atoms with Gasteiger partial charge in [0.05, 0.1) is 5.52 Å². The van der Waals surface area contributed by atoms with Crippen molar-refractivity contribution in [3.8, 4) is 11.1 Å². The van der Waals surface area contributed by atoms with Crippen LogP contribution in [0.4, 0.5) is 5.95 Å². The van der Waals surface area contributed by atoms with Gasteiger partial charge in [0.1, 0.15) is 0 Å². The molecule has 2 aromatic carbocycles. The number of nitrogens with one attached hydrogen (secondary N) is 2. The Morgan fingerprint density at radius 2 is 1.86 bits per heavy atom. The van der Waals surface area contributed by atoms with E-state index in [1.807, 2.05) is 60.8 Å². The molecule has 1 amide bonds. The smallest absolute Gasteiger partial charge is 0.251 e. The van der Waals surface area contributed by atoms with Gasteiger partial charge in [-0.05, 0) is 47.5 Å². The molecule has 2 heterocycles. The second-order valence-corrected chi connectivity index (χ2v) is 6.62. The fraction of sp³-hybridized carbons (Fsp3) is 0.130. The van der Waals surface area contributed by atoms with Crippen LogP contribution in [0.15, 0.2) is 73.1 Å². The predicted molar refractivity (Wildman–Crippen MR) is 115 cm³/mol. The number of nitrogens with zero attached hydrogens (tertiary/aromatic N) is 3. The lowest BCUT2D eigenvalue weighted by Crippen LogP contribution is -2.17. The normalized spacial score (nSPS) is 10.7. The highest BCUT2D eigenvalue weighted by molar-refractivity contribution is 5.95. The summed E-state index contributed by atoms with van der Waals surface area (Å²) in [6.45, 7) is 0.715. The summed E-state index contributed by atoms with van der Waals surface area (Å²) in [6.07, 6.45) is 4.42. The molecule has 144 valence electrons. The quantitative estimate of drug-likeness (QED) is 0.531. The number of carbonyl (C=O) groups is 1.